The molecule has 0 N–H and O–H groups in total. The summed E-state index contributed by atoms with van der Waals surface area (Å²) in [6.45, 7) is 11.2. The topological polar surface area (TPSA) is 4.93 Å². The fraction of sp³-hybridized carbons (Fsp3) is 0.667. The molecule has 0 spiro atoms. The Morgan fingerprint density at radius 3 is 2.15 bits per heavy atom. The third-order valence-electron chi connectivity index (χ3n) is 2.52. The van der Waals surface area contributed by atoms with Gasteiger partial charge in [0.2, 0.25) is 0 Å². The zero-order chi connectivity index (χ0) is 10.1. The molecule has 0 aliphatic rings. The van der Waals surface area contributed by atoms with Gasteiger partial charge in [-0.1, -0.05) is 13.8 Å². The molecule has 0 aliphatic heterocycles. The second kappa shape index (κ2) is 3.57. The van der Waals surface area contributed by atoms with E-state index < -0.39 is 0 Å². The summed E-state index contributed by atoms with van der Waals surface area (Å²) in [5, 5.41) is 0. The number of hydrogen-bond acceptors (Lipinski definition) is 0. The zero-order valence-electron chi connectivity index (χ0n) is 9.52. The monoisotopic (exact) mass is 179 g/mol. The Kier molecular flexibility index (Phi) is 2.84. The van der Waals surface area contributed by atoms with Crippen LogP contribution in [0.1, 0.15) is 45.9 Å². The molecule has 0 fully saturated rings. The second-order valence-electron chi connectivity index (χ2n) is 4.54. The predicted molar refractivity (Wildman–Crippen MR) is 58.2 cm³/mol. The van der Waals surface area contributed by atoms with Gasteiger partial charge in [0.1, 0.15) is 0 Å². The van der Waals surface area contributed by atoms with Gasteiger partial charge in [-0.05, 0) is 45.2 Å². The first-order chi connectivity index (χ1) is 6.00. The van der Waals surface area contributed by atoms with Crippen molar-refractivity contribution in [1.29, 1.82) is 0 Å². The normalized spacial score (nSPS) is 12.1. The standard InChI is InChI=1S/C12H21N/c1-6-10-8-9-13(11(10)7-2)12(3,4)5/h8-9H,6-7H2,1-5H3. The maximum absolute atomic E-state index is 2.39. The molecule has 0 atom stereocenters. The van der Waals surface area contributed by atoms with Crippen LogP contribution in [0.2, 0.25) is 0 Å². The fourth-order valence-electron chi connectivity index (χ4n) is 1.85. The average molecular weight is 179 g/mol. The Labute approximate surface area is 81.8 Å². The summed E-state index contributed by atoms with van der Waals surface area (Å²) in [4.78, 5) is 0. The molecule has 0 unspecified atom stereocenters. The van der Waals surface area contributed by atoms with Crippen molar-refractivity contribution < 1.29 is 0 Å². The SMILES string of the molecule is CCc1ccn(C(C)(C)C)c1CC. The van der Waals surface area contributed by atoms with E-state index in [-0.39, 0.29) is 5.54 Å². The highest BCUT2D eigenvalue weighted by molar-refractivity contribution is 5.23. The van der Waals surface area contributed by atoms with Crippen LogP contribution in [0.4, 0.5) is 0 Å². The molecule has 1 heteroatoms. The van der Waals surface area contributed by atoms with Crippen LogP contribution in [0.15, 0.2) is 12.3 Å². The van der Waals surface area contributed by atoms with Crippen molar-refractivity contribution in [3.8, 4) is 0 Å². The molecule has 1 rings (SSSR count). The lowest BCUT2D eigenvalue weighted by atomic mass is 10.1. The Hall–Kier alpha value is -0.720. The minimum absolute atomic E-state index is 0.221. The Bertz CT molecular complexity index is 276. The van der Waals surface area contributed by atoms with Gasteiger partial charge in [-0.15, -0.1) is 0 Å². The van der Waals surface area contributed by atoms with E-state index in [0.29, 0.717) is 0 Å². The summed E-state index contributed by atoms with van der Waals surface area (Å²) in [5.41, 5.74) is 3.21. The molecule has 0 bridgehead atoms. The van der Waals surface area contributed by atoms with Crippen LogP contribution >= 0.6 is 0 Å². The maximum Gasteiger partial charge on any atom is 0.0358 e. The molecular formula is C12H21N. The third kappa shape index (κ3) is 1.96. The van der Waals surface area contributed by atoms with Crippen LogP contribution < -0.4 is 0 Å². The summed E-state index contributed by atoms with van der Waals surface area (Å²) in [5.74, 6) is 0. The lowest BCUT2D eigenvalue weighted by molar-refractivity contribution is 0.386. The molecule has 0 aliphatic carbocycles. The van der Waals surface area contributed by atoms with Gasteiger partial charge in [-0.2, -0.15) is 0 Å². The van der Waals surface area contributed by atoms with E-state index in [0.717, 1.165) is 12.8 Å². The number of rotatable bonds is 2. The maximum atomic E-state index is 2.39. The summed E-state index contributed by atoms with van der Waals surface area (Å²) >= 11 is 0. The molecule has 1 aromatic heterocycles. The van der Waals surface area contributed by atoms with E-state index in [4.69, 9.17) is 0 Å². The summed E-state index contributed by atoms with van der Waals surface area (Å²) in [6.07, 6.45) is 4.50. The number of hydrogen-bond donors (Lipinski definition) is 0. The van der Waals surface area contributed by atoms with Crippen LogP contribution in [-0.4, -0.2) is 4.57 Å². The molecular weight excluding hydrogens is 158 g/mol. The van der Waals surface area contributed by atoms with Gasteiger partial charge in [0.25, 0.3) is 0 Å². The third-order valence-corrected chi connectivity index (χ3v) is 2.52. The van der Waals surface area contributed by atoms with E-state index >= 15 is 0 Å². The number of aryl methyl sites for hydroxylation is 1. The smallest absolute Gasteiger partial charge is 0.0358 e. The van der Waals surface area contributed by atoms with Crippen molar-refractivity contribution in [3.05, 3.63) is 23.5 Å². The van der Waals surface area contributed by atoms with Crippen LogP contribution in [0.3, 0.4) is 0 Å². The summed E-state index contributed by atoms with van der Waals surface area (Å²) in [6, 6.07) is 2.25. The van der Waals surface area contributed by atoms with Crippen molar-refractivity contribution in [2.45, 2.75) is 53.0 Å². The highest BCUT2D eigenvalue weighted by Gasteiger charge is 2.16. The molecule has 0 saturated carbocycles. The van der Waals surface area contributed by atoms with Crippen molar-refractivity contribution in [3.63, 3.8) is 0 Å². The van der Waals surface area contributed by atoms with Crippen molar-refractivity contribution in [2.75, 3.05) is 0 Å². The Balaban J connectivity index is 3.16. The van der Waals surface area contributed by atoms with Gasteiger partial charge in [-0.3, -0.25) is 0 Å². The summed E-state index contributed by atoms with van der Waals surface area (Å²) < 4.78 is 2.39. The van der Waals surface area contributed by atoms with Crippen LogP contribution in [0.5, 0.6) is 0 Å². The van der Waals surface area contributed by atoms with Gasteiger partial charge < -0.3 is 4.57 Å². The minimum Gasteiger partial charge on any atom is -0.346 e. The zero-order valence-corrected chi connectivity index (χ0v) is 9.52. The van der Waals surface area contributed by atoms with Crippen molar-refractivity contribution in [1.82, 2.24) is 4.57 Å². The Morgan fingerprint density at radius 2 is 1.77 bits per heavy atom. The number of aromatic nitrogens is 1. The van der Waals surface area contributed by atoms with Crippen LogP contribution in [-0.2, 0) is 18.4 Å². The minimum atomic E-state index is 0.221. The van der Waals surface area contributed by atoms with Crippen LogP contribution in [0, 0.1) is 0 Å². The Morgan fingerprint density at radius 1 is 1.15 bits per heavy atom. The predicted octanol–water partition coefficient (Wildman–Crippen LogP) is 3.37. The van der Waals surface area contributed by atoms with E-state index in [1.165, 1.54) is 11.3 Å². The van der Waals surface area contributed by atoms with Crippen LogP contribution in [0.25, 0.3) is 0 Å². The van der Waals surface area contributed by atoms with Gasteiger partial charge in [0, 0.05) is 17.4 Å². The van der Waals surface area contributed by atoms with E-state index in [1.807, 2.05) is 0 Å². The van der Waals surface area contributed by atoms with Crippen molar-refractivity contribution in [2.24, 2.45) is 0 Å². The van der Waals surface area contributed by atoms with Gasteiger partial charge >= 0.3 is 0 Å². The molecule has 13 heavy (non-hydrogen) atoms. The molecule has 0 radical (unpaired) electrons. The summed E-state index contributed by atoms with van der Waals surface area (Å²) in [7, 11) is 0. The second-order valence-corrected chi connectivity index (χ2v) is 4.54. The van der Waals surface area contributed by atoms with E-state index in [1.54, 1.807) is 0 Å². The first-order valence-corrected chi connectivity index (χ1v) is 5.20. The molecule has 74 valence electrons. The largest absolute Gasteiger partial charge is 0.346 e. The van der Waals surface area contributed by atoms with E-state index in [9.17, 15) is 0 Å². The average Bonchev–Trinajstić information content (AvgIpc) is 2.45. The van der Waals surface area contributed by atoms with Gasteiger partial charge in [0.05, 0.1) is 0 Å². The molecule has 0 amide bonds. The van der Waals surface area contributed by atoms with Crippen molar-refractivity contribution >= 4 is 0 Å². The molecule has 1 nitrogen and oxygen atoms in total. The number of nitrogens with zero attached hydrogens (tertiary/aromatic N) is 1. The lowest BCUT2D eigenvalue weighted by Gasteiger charge is -2.24. The van der Waals surface area contributed by atoms with E-state index in [2.05, 4.69) is 51.4 Å². The highest BCUT2D eigenvalue weighted by atomic mass is 15.0. The molecule has 1 aromatic rings. The fourth-order valence-corrected chi connectivity index (χ4v) is 1.85. The molecule has 0 aromatic carbocycles. The highest BCUT2D eigenvalue weighted by Crippen LogP contribution is 2.21. The van der Waals surface area contributed by atoms with Gasteiger partial charge in [-0.25, -0.2) is 0 Å². The quantitative estimate of drug-likeness (QED) is 0.656. The first kappa shape index (κ1) is 10.4. The lowest BCUT2D eigenvalue weighted by Crippen LogP contribution is -2.23. The first-order valence-electron chi connectivity index (χ1n) is 5.20. The molecule has 1 heterocycles. The molecule has 0 saturated heterocycles. The van der Waals surface area contributed by atoms with Gasteiger partial charge in [0.15, 0.2) is 0 Å².